The summed E-state index contributed by atoms with van der Waals surface area (Å²) in [5.74, 6) is 0.518. The standard InChI is InChI=1S/C18H19N5O3S2.ClH/c1-10(2)26-14-6-4-11(28(19,24)25)8-12(14)21-18-22-17-15(27-18)7-5-13-16(17)20-9-23(13)3;/h4-10H,1-3H3,(H,21,22)(H2,19,24,25);1H. The van der Waals surface area contributed by atoms with E-state index in [1.807, 2.05) is 37.6 Å². The quantitative estimate of drug-likeness (QED) is 0.475. The minimum Gasteiger partial charge on any atom is -0.489 e. The number of imidazole rings is 1. The summed E-state index contributed by atoms with van der Waals surface area (Å²) in [6.07, 6.45) is 1.67. The van der Waals surface area contributed by atoms with E-state index in [-0.39, 0.29) is 23.4 Å². The van der Waals surface area contributed by atoms with E-state index in [0.29, 0.717) is 16.6 Å². The highest BCUT2D eigenvalue weighted by molar-refractivity contribution is 7.89. The van der Waals surface area contributed by atoms with E-state index in [9.17, 15) is 8.42 Å². The van der Waals surface area contributed by atoms with Crippen LogP contribution in [0, 0.1) is 0 Å². The lowest BCUT2D eigenvalue weighted by Gasteiger charge is -2.15. The van der Waals surface area contributed by atoms with Crippen molar-refractivity contribution >= 4 is 65.8 Å². The van der Waals surface area contributed by atoms with E-state index in [4.69, 9.17) is 9.88 Å². The van der Waals surface area contributed by atoms with Crippen LogP contribution in [0.4, 0.5) is 10.8 Å². The monoisotopic (exact) mass is 453 g/mol. The van der Waals surface area contributed by atoms with Crippen LogP contribution >= 0.6 is 23.7 Å². The van der Waals surface area contributed by atoms with Crippen molar-refractivity contribution in [3.05, 3.63) is 36.7 Å². The second kappa shape index (κ2) is 7.79. The number of hydrogen-bond acceptors (Lipinski definition) is 7. The second-order valence-electron chi connectivity index (χ2n) is 6.65. The SMILES string of the molecule is CC(C)Oc1ccc(S(N)(=O)=O)cc1Nc1nc2c(ccc3c2ncn3C)s1.Cl. The average Bonchev–Trinajstić information content (AvgIpc) is 3.18. The summed E-state index contributed by atoms with van der Waals surface area (Å²) in [7, 11) is -1.91. The first kappa shape index (κ1) is 21.3. The number of rotatable bonds is 5. The highest BCUT2D eigenvalue weighted by Crippen LogP contribution is 2.36. The van der Waals surface area contributed by atoms with Crippen LogP contribution in [0.3, 0.4) is 0 Å². The number of aryl methyl sites for hydroxylation is 1. The molecule has 4 aromatic rings. The fourth-order valence-electron chi connectivity index (χ4n) is 2.90. The molecule has 2 heterocycles. The Kier molecular flexibility index (Phi) is 5.72. The van der Waals surface area contributed by atoms with Crippen molar-refractivity contribution in [2.75, 3.05) is 5.32 Å². The van der Waals surface area contributed by atoms with Crippen LogP contribution in [0.15, 0.2) is 41.6 Å². The molecule has 0 saturated heterocycles. The first-order chi connectivity index (χ1) is 13.2. The molecule has 154 valence electrons. The van der Waals surface area contributed by atoms with Gasteiger partial charge in [0.25, 0.3) is 0 Å². The maximum atomic E-state index is 11.7. The smallest absolute Gasteiger partial charge is 0.238 e. The predicted molar refractivity (Wildman–Crippen MR) is 118 cm³/mol. The van der Waals surface area contributed by atoms with Gasteiger partial charge >= 0.3 is 0 Å². The van der Waals surface area contributed by atoms with E-state index in [0.717, 1.165) is 21.3 Å². The summed E-state index contributed by atoms with van der Waals surface area (Å²) in [5.41, 5.74) is 3.08. The predicted octanol–water partition coefficient (Wildman–Crippen LogP) is 3.78. The van der Waals surface area contributed by atoms with Gasteiger partial charge in [-0.25, -0.2) is 23.5 Å². The fourth-order valence-corrected chi connectivity index (χ4v) is 4.32. The third-order valence-electron chi connectivity index (χ3n) is 4.14. The first-order valence-electron chi connectivity index (χ1n) is 8.53. The van der Waals surface area contributed by atoms with Crippen molar-refractivity contribution < 1.29 is 13.2 Å². The number of anilines is 2. The number of hydrogen-bond donors (Lipinski definition) is 2. The largest absolute Gasteiger partial charge is 0.489 e. The summed E-state index contributed by atoms with van der Waals surface area (Å²) in [6.45, 7) is 3.79. The Bertz CT molecular complexity index is 1300. The van der Waals surface area contributed by atoms with Gasteiger partial charge in [-0.15, -0.1) is 12.4 Å². The number of nitrogens with two attached hydrogens (primary N) is 1. The number of primary sulfonamides is 1. The van der Waals surface area contributed by atoms with Crippen LogP contribution in [0.1, 0.15) is 13.8 Å². The summed E-state index contributed by atoms with van der Waals surface area (Å²) >= 11 is 1.45. The topological polar surface area (TPSA) is 112 Å². The molecule has 0 bridgehead atoms. The van der Waals surface area contributed by atoms with Crippen molar-refractivity contribution in [3.8, 4) is 5.75 Å². The van der Waals surface area contributed by atoms with Crippen LogP contribution in [0.25, 0.3) is 21.3 Å². The molecule has 0 fully saturated rings. The van der Waals surface area contributed by atoms with Gasteiger partial charge in [-0.2, -0.15) is 0 Å². The zero-order valence-electron chi connectivity index (χ0n) is 15.9. The molecule has 0 radical (unpaired) electrons. The molecular formula is C18H20ClN5O3S2. The highest BCUT2D eigenvalue weighted by Gasteiger charge is 2.16. The molecule has 0 saturated carbocycles. The summed E-state index contributed by atoms with van der Waals surface area (Å²) in [6, 6.07) is 8.46. The van der Waals surface area contributed by atoms with E-state index >= 15 is 0 Å². The van der Waals surface area contributed by atoms with Crippen molar-refractivity contribution in [1.82, 2.24) is 14.5 Å². The molecule has 0 atom stereocenters. The molecule has 11 heteroatoms. The highest BCUT2D eigenvalue weighted by atomic mass is 35.5. The molecule has 8 nitrogen and oxygen atoms in total. The van der Waals surface area contributed by atoms with Gasteiger partial charge in [-0.1, -0.05) is 11.3 Å². The molecule has 0 aliphatic heterocycles. The van der Waals surface area contributed by atoms with Gasteiger partial charge in [0, 0.05) is 7.05 Å². The van der Waals surface area contributed by atoms with Crippen molar-refractivity contribution in [1.29, 1.82) is 0 Å². The number of nitrogens with zero attached hydrogens (tertiary/aromatic N) is 3. The Hall–Kier alpha value is -2.40. The van der Waals surface area contributed by atoms with Gasteiger partial charge in [0.15, 0.2) is 5.13 Å². The number of nitrogens with one attached hydrogen (secondary N) is 1. The number of thiazole rings is 1. The summed E-state index contributed by atoms with van der Waals surface area (Å²) < 4.78 is 32.2. The van der Waals surface area contributed by atoms with E-state index < -0.39 is 10.0 Å². The summed E-state index contributed by atoms with van der Waals surface area (Å²) in [4.78, 5) is 9.09. The molecule has 4 rings (SSSR count). The maximum Gasteiger partial charge on any atom is 0.238 e. The van der Waals surface area contributed by atoms with Gasteiger partial charge < -0.3 is 14.6 Å². The molecule has 0 aliphatic carbocycles. The number of halogens is 1. The molecule has 0 spiro atoms. The molecule has 29 heavy (non-hydrogen) atoms. The van der Waals surface area contributed by atoms with Crippen LogP contribution < -0.4 is 15.2 Å². The number of sulfonamides is 1. The third kappa shape index (κ3) is 4.15. The normalized spacial score (nSPS) is 11.8. The zero-order chi connectivity index (χ0) is 20.1. The van der Waals surface area contributed by atoms with Crippen molar-refractivity contribution in [3.63, 3.8) is 0 Å². The number of aromatic nitrogens is 3. The molecule has 0 amide bonds. The van der Waals surface area contributed by atoms with Crippen molar-refractivity contribution in [2.24, 2.45) is 12.2 Å². The maximum absolute atomic E-state index is 11.7. The molecule has 0 unspecified atom stereocenters. The lowest BCUT2D eigenvalue weighted by atomic mass is 10.3. The minimum absolute atomic E-state index is 0. The first-order valence-corrected chi connectivity index (χ1v) is 10.9. The van der Waals surface area contributed by atoms with Gasteiger partial charge in [0.1, 0.15) is 16.8 Å². The van der Waals surface area contributed by atoms with Crippen LogP contribution in [-0.2, 0) is 17.1 Å². The third-order valence-corrected chi connectivity index (χ3v) is 5.98. The van der Waals surface area contributed by atoms with Crippen LogP contribution in [0.2, 0.25) is 0 Å². The number of benzene rings is 2. The Morgan fingerprint density at radius 3 is 2.66 bits per heavy atom. The molecule has 2 aromatic carbocycles. The second-order valence-corrected chi connectivity index (χ2v) is 9.24. The van der Waals surface area contributed by atoms with Gasteiger partial charge in [-0.05, 0) is 44.2 Å². The average molecular weight is 454 g/mol. The van der Waals surface area contributed by atoms with Crippen LogP contribution in [0.5, 0.6) is 5.75 Å². The Morgan fingerprint density at radius 2 is 1.97 bits per heavy atom. The number of ether oxygens (including phenoxy) is 1. The molecule has 3 N–H and O–H groups in total. The Balaban J connectivity index is 0.00000240. The van der Waals surface area contributed by atoms with Crippen LogP contribution in [-0.4, -0.2) is 29.1 Å². The minimum atomic E-state index is -3.84. The van der Waals surface area contributed by atoms with E-state index in [1.54, 1.807) is 12.4 Å². The van der Waals surface area contributed by atoms with Gasteiger partial charge in [-0.3, -0.25) is 0 Å². The van der Waals surface area contributed by atoms with E-state index in [1.165, 1.54) is 23.5 Å². The molecule has 2 aromatic heterocycles. The number of fused-ring (bicyclic) bond motifs is 3. The Labute approximate surface area is 178 Å². The van der Waals surface area contributed by atoms with Gasteiger partial charge in [0.05, 0.1) is 33.2 Å². The summed E-state index contributed by atoms with van der Waals surface area (Å²) in [5, 5.41) is 9.06. The fraction of sp³-hybridized carbons (Fsp3) is 0.222. The van der Waals surface area contributed by atoms with Crippen molar-refractivity contribution in [2.45, 2.75) is 24.8 Å². The van der Waals surface area contributed by atoms with Gasteiger partial charge in [0.2, 0.25) is 10.0 Å². The zero-order valence-corrected chi connectivity index (χ0v) is 18.4. The van der Waals surface area contributed by atoms with E-state index in [2.05, 4.69) is 15.3 Å². The molecular weight excluding hydrogens is 434 g/mol. The molecule has 0 aliphatic rings. The Morgan fingerprint density at radius 1 is 1.21 bits per heavy atom. The lowest BCUT2D eigenvalue weighted by molar-refractivity contribution is 0.243. The lowest BCUT2D eigenvalue weighted by Crippen LogP contribution is -2.13.